The second kappa shape index (κ2) is 9.29. The van der Waals surface area contributed by atoms with Gasteiger partial charge in [-0.15, -0.1) is 11.8 Å². The standard InChI is InChI=1S/C22H32N2O4S2Si/c1-14(28-31(5,6)22(2,3)4)16-18(25)24-17(20(26)27)21(30-19(16)24)29-13-9-11-15-10-7-8-12-23-15/h7-8,10,12,14,16,19H,9,11,13H2,1-6H3,(H,26,27)/t14-,16+,19+/m0/s1. The van der Waals surface area contributed by atoms with Crippen molar-refractivity contribution >= 4 is 43.7 Å². The largest absolute Gasteiger partial charge is 0.477 e. The summed E-state index contributed by atoms with van der Waals surface area (Å²) < 4.78 is 7.19. The van der Waals surface area contributed by atoms with Crippen LogP contribution in [0.1, 0.15) is 39.8 Å². The molecule has 0 aliphatic carbocycles. The third-order valence-electron chi connectivity index (χ3n) is 6.28. The van der Waals surface area contributed by atoms with Crippen LogP contribution in [0, 0.1) is 5.92 Å². The Morgan fingerprint density at radius 2 is 2.10 bits per heavy atom. The first-order chi connectivity index (χ1) is 14.4. The van der Waals surface area contributed by atoms with Crippen molar-refractivity contribution in [1.29, 1.82) is 0 Å². The highest BCUT2D eigenvalue weighted by Crippen LogP contribution is 2.54. The number of β-lactam (4-membered cyclic amide) rings is 1. The van der Waals surface area contributed by atoms with Gasteiger partial charge >= 0.3 is 5.97 Å². The van der Waals surface area contributed by atoms with Crippen LogP contribution in [0.4, 0.5) is 0 Å². The summed E-state index contributed by atoms with van der Waals surface area (Å²) in [6.07, 6.45) is 3.29. The molecular formula is C22H32N2O4S2Si. The first kappa shape index (κ1) is 24.4. The lowest BCUT2D eigenvalue weighted by Gasteiger charge is -2.48. The van der Waals surface area contributed by atoms with Gasteiger partial charge in [-0.25, -0.2) is 4.79 Å². The smallest absolute Gasteiger partial charge is 0.354 e. The maximum atomic E-state index is 12.9. The van der Waals surface area contributed by atoms with E-state index in [0.29, 0.717) is 0 Å². The fraction of sp³-hybridized carbons (Fsp3) is 0.591. The third-order valence-corrected chi connectivity index (χ3v) is 13.6. The minimum absolute atomic E-state index is 0.0512. The van der Waals surface area contributed by atoms with Crippen molar-refractivity contribution in [2.24, 2.45) is 5.92 Å². The van der Waals surface area contributed by atoms with Gasteiger partial charge in [0.25, 0.3) is 0 Å². The van der Waals surface area contributed by atoms with E-state index in [4.69, 9.17) is 4.43 Å². The fourth-order valence-corrected chi connectivity index (χ4v) is 7.88. The van der Waals surface area contributed by atoms with Crippen LogP contribution in [-0.2, 0) is 20.4 Å². The maximum Gasteiger partial charge on any atom is 0.354 e. The number of nitrogens with zero attached hydrogens (tertiary/aromatic N) is 2. The van der Waals surface area contributed by atoms with E-state index in [1.54, 1.807) is 6.20 Å². The number of carboxylic acid groups (broad SMARTS) is 1. The molecule has 3 rings (SSSR count). The molecule has 1 amide bonds. The zero-order chi connectivity index (χ0) is 23.0. The molecular weight excluding hydrogens is 448 g/mol. The number of fused-ring (bicyclic) bond motifs is 1. The number of hydrogen-bond donors (Lipinski definition) is 1. The van der Waals surface area contributed by atoms with Crippen LogP contribution in [-0.4, -0.2) is 52.4 Å². The minimum atomic E-state index is -2.02. The van der Waals surface area contributed by atoms with Crippen molar-refractivity contribution in [2.45, 2.75) is 70.1 Å². The molecule has 1 aromatic heterocycles. The number of aliphatic carboxylic acids is 1. The highest BCUT2D eigenvalue weighted by molar-refractivity contribution is 8.22. The van der Waals surface area contributed by atoms with Crippen LogP contribution in [0.3, 0.4) is 0 Å². The van der Waals surface area contributed by atoms with E-state index in [1.807, 2.05) is 25.1 Å². The Morgan fingerprint density at radius 3 is 2.68 bits per heavy atom. The molecule has 1 fully saturated rings. The van der Waals surface area contributed by atoms with Gasteiger partial charge in [0.1, 0.15) is 5.37 Å². The summed E-state index contributed by atoms with van der Waals surface area (Å²) in [7, 11) is -2.02. The van der Waals surface area contributed by atoms with E-state index in [-0.39, 0.29) is 34.0 Å². The van der Waals surface area contributed by atoms with Crippen molar-refractivity contribution in [2.75, 3.05) is 5.75 Å². The van der Waals surface area contributed by atoms with Gasteiger partial charge in [-0.2, -0.15) is 0 Å². The van der Waals surface area contributed by atoms with E-state index >= 15 is 0 Å². The zero-order valence-corrected chi connectivity index (χ0v) is 21.7. The number of amides is 1. The molecule has 6 nitrogen and oxygen atoms in total. The lowest BCUT2D eigenvalue weighted by molar-refractivity contribution is -0.156. The van der Waals surface area contributed by atoms with Crippen molar-refractivity contribution in [3.8, 4) is 0 Å². The van der Waals surface area contributed by atoms with Gasteiger partial charge in [-0.1, -0.05) is 38.6 Å². The molecule has 0 saturated carbocycles. The highest BCUT2D eigenvalue weighted by Gasteiger charge is 2.59. The summed E-state index contributed by atoms with van der Waals surface area (Å²) in [5, 5.41) is 9.63. The van der Waals surface area contributed by atoms with Gasteiger partial charge in [0, 0.05) is 11.9 Å². The van der Waals surface area contributed by atoms with Crippen molar-refractivity contribution in [3.05, 3.63) is 40.0 Å². The van der Waals surface area contributed by atoms with Gasteiger partial charge < -0.3 is 9.53 Å². The number of hydrogen-bond acceptors (Lipinski definition) is 6. The van der Waals surface area contributed by atoms with Crippen molar-refractivity contribution in [1.82, 2.24) is 9.88 Å². The molecule has 0 spiro atoms. The molecule has 0 aromatic carbocycles. The highest BCUT2D eigenvalue weighted by atomic mass is 32.2. The molecule has 0 unspecified atom stereocenters. The molecule has 2 aliphatic rings. The van der Waals surface area contributed by atoms with Gasteiger partial charge in [-0.3, -0.25) is 14.7 Å². The number of carbonyl (C=O) groups excluding carboxylic acids is 1. The summed E-state index contributed by atoms with van der Waals surface area (Å²) >= 11 is 3.03. The van der Waals surface area contributed by atoms with Gasteiger partial charge in [0.2, 0.25) is 5.91 Å². The lowest BCUT2D eigenvalue weighted by atomic mass is 9.92. The average Bonchev–Trinajstić information content (AvgIpc) is 2.99. The molecule has 3 atom stereocenters. The van der Waals surface area contributed by atoms with Crippen molar-refractivity contribution < 1.29 is 19.1 Å². The minimum Gasteiger partial charge on any atom is -0.477 e. The molecule has 31 heavy (non-hydrogen) atoms. The number of pyridine rings is 1. The fourth-order valence-electron chi connectivity index (χ4n) is 3.52. The van der Waals surface area contributed by atoms with Gasteiger partial charge in [0.05, 0.1) is 16.3 Å². The molecule has 1 saturated heterocycles. The Morgan fingerprint density at radius 1 is 1.39 bits per heavy atom. The Hall–Kier alpha value is -1.29. The number of aromatic nitrogens is 1. The third kappa shape index (κ3) is 5.04. The van der Waals surface area contributed by atoms with Crippen LogP contribution in [0.5, 0.6) is 0 Å². The zero-order valence-electron chi connectivity index (χ0n) is 19.0. The summed E-state index contributed by atoms with van der Waals surface area (Å²) in [5.74, 6) is -0.692. The van der Waals surface area contributed by atoms with Crippen LogP contribution < -0.4 is 0 Å². The molecule has 0 radical (unpaired) electrons. The lowest BCUT2D eigenvalue weighted by Crippen LogP contribution is -2.62. The second-order valence-electron chi connectivity index (χ2n) is 9.54. The maximum absolute atomic E-state index is 12.9. The van der Waals surface area contributed by atoms with Crippen molar-refractivity contribution in [3.63, 3.8) is 0 Å². The molecule has 170 valence electrons. The average molecular weight is 481 g/mol. The summed E-state index contributed by atoms with van der Waals surface area (Å²) in [5.41, 5.74) is 1.17. The Balaban J connectivity index is 1.63. The van der Waals surface area contributed by atoms with E-state index in [2.05, 4.69) is 38.8 Å². The van der Waals surface area contributed by atoms with E-state index < -0.39 is 14.3 Å². The first-order valence-corrected chi connectivity index (χ1v) is 15.4. The van der Waals surface area contributed by atoms with Gasteiger partial charge in [-0.05, 0) is 55.8 Å². The number of thioether (sulfide) groups is 2. The Bertz CT molecular complexity index is 870. The topological polar surface area (TPSA) is 79.7 Å². The van der Waals surface area contributed by atoms with Crippen LogP contribution in [0.2, 0.25) is 18.1 Å². The molecule has 3 heterocycles. The number of aryl methyl sites for hydroxylation is 1. The first-order valence-electron chi connectivity index (χ1n) is 10.6. The summed E-state index contributed by atoms with van der Waals surface area (Å²) in [6.45, 7) is 12.8. The monoisotopic (exact) mass is 480 g/mol. The molecule has 1 aromatic rings. The van der Waals surface area contributed by atoms with Crippen LogP contribution in [0.25, 0.3) is 0 Å². The quantitative estimate of drug-likeness (QED) is 0.304. The van der Waals surface area contributed by atoms with E-state index in [1.165, 1.54) is 28.4 Å². The SMILES string of the molecule is C[C@H](O[Si](C)(C)C(C)(C)C)[C@@H]1C(=O)N2C(C(=O)O)=C(SCCCc3ccccn3)S[C@H]12. The van der Waals surface area contributed by atoms with Gasteiger partial charge in [0.15, 0.2) is 14.0 Å². The summed E-state index contributed by atoms with van der Waals surface area (Å²) in [4.78, 5) is 30.6. The predicted molar refractivity (Wildman–Crippen MR) is 129 cm³/mol. The molecule has 9 heteroatoms. The van der Waals surface area contributed by atoms with E-state index in [0.717, 1.165) is 28.5 Å². The predicted octanol–water partition coefficient (Wildman–Crippen LogP) is 4.94. The number of rotatable bonds is 9. The molecule has 2 aliphatic heterocycles. The Labute approximate surface area is 194 Å². The molecule has 1 N–H and O–H groups in total. The number of carbonyl (C=O) groups is 2. The number of carboxylic acids is 1. The van der Waals surface area contributed by atoms with E-state index in [9.17, 15) is 14.7 Å². The normalized spacial score (nSPS) is 22.4. The molecule has 0 bridgehead atoms. The Kier molecular flexibility index (Phi) is 7.30. The summed E-state index contributed by atoms with van der Waals surface area (Å²) in [6, 6.07) is 5.86. The second-order valence-corrected chi connectivity index (χ2v) is 16.8. The van der Waals surface area contributed by atoms with Crippen LogP contribution >= 0.6 is 23.5 Å². The van der Waals surface area contributed by atoms with Crippen LogP contribution in [0.15, 0.2) is 34.3 Å².